The van der Waals surface area contributed by atoms with Crippen LogP contribution in [0, 0.1) is 13.8 Å². The van der Waals surface area contributed by atoms with Crippen molar-refractivity contribution in [2.45, 2.75) is 20.8 Å². The molecule has 0 fully saturated rings. The lowest BCUT2D eigenvalue weighted by Crippen LogP contribution is -2.32. The number of nitrogens with one attached hydrogen (secondary N) is 1. The number of carbonyl (C=O) groups excluding carboxylic acids is 2. The van der Waals surface area contributed by atoms with Crippen molar-refractivity contribution in [3.8, 4) is 5.75 Å². The van der Waals surface area contributed by atoms with Crippen LogP contribution in [0.4, 0.5) is 17.1 Å². The van der Waals surface area contributed by atoms with E-state index in [-0.39, 0.29) is 17.5 Å². The maximum absolute atomic E-state index is 13.6. The highest BCUT2D eigenvalue weighted by atomic mass is 16.5. The van der Waals surface area contributed by atoms with Crippen LogP contribution in [0.2, 0.25) is 0 Å². The van der Waals surface area contributed by atoms with E-state index in [1.165, 1.54) is 4.90 Å². The Morgan fingerprint density at radius 2 is 1.53 bits per heavy atom. The molecule has 0 radical (unpaired) electrons. The van der Waals surface area contributed by atoms with Crippen molar-refractivity contribution in [3.05, 3.63) is 89.1 Å². The Kier molecular flexibility index (Phi) is 6.41. The third kappa shape index (κ3) is 4.39. The molecule has 1 aliphatic rings. The average molecular weight is 456 g/mol. The molecule has 2 amide bonds. The minimum atomic E-state index is -0.385. The zero-order chi connectivity index (χ0) is 24.4. The molecule has 0 aliphatic carbocycles. The first-order chi connectivity index (χ1) is 16.3. The predicted octanol–water partition coefficient (Wildman–Crippen LogP) is 5.16. The maximum Gasteiger partial charge on any atom is 0.282 e. The van der Waals surface area contributed by atoms with Gasteiger partial charge in [0.2, 0.25) is 0 Å². The Balaban J connectivity index is 1.76. The molecule has 0 atom stereocenters. The van der Waals surface area contributed by atoms with E-state index in [2.05, 4.69) is 5.32 Å². The molecule has 34 heavy (non-hydrogen) atoms. The van der Waals surface area contributed by atoms with Gasteiger partial charge in [-0.25, -0.2) is 4.90 Å². The van der Waals surface area contributed by atoms with E-state index in [1.54, 1.807) is 12.1 Å². The molecule has 0 saturated heterocycles. The number of anilines is 3. The minimum absolute atomic E-state index is 0.258. The van der Waals surface area contributed by atoms with Gasteiger partial charge in [0.05, 0.1) is 17.9 Å². The quantitative estimate of drug-likeness (QED) is 0.499. The Labute approximate surface area is 200 Å². The number of benzene rings is 3. The topological polar surface area (TPSA) is 61.9 Å². The summed E-state index contributed by atoms with van der Waals surface area (Å²) in [6.07, 6.45) is 0. The summed E-state index contributed by atoms with van der Waals surface area (Å²) < 4.78 is 5.51. The summed E-state index contributed by atoms with van der Waals surface area (Å²) in [5.41, 5.74) is 5.72. The van der Waals surface area contributed by atoms with Crippen molar-refractivity contribution in [2.75, 3.05) is 35.8 Å². The van der Waals surface area contributed by atoms with Gasteiger partial charge in [0, 0.05) is 25.5 Å². The fourth-order valence-corrected chi connectivity index (χ4v) is 3.89. The first kappa shape index (κ1) is 23.1. The summed E-state index contributed by atoms with van der Waals surface area (Å²) in [6.45, 7) is 6.52. The molecule has 6 heteroatoms. The van der Waals surface area contributed by atoms with E-state index in [0.29, 0.717) is 29.1 Å². The van der Waals surface area contributed by atoms with Gasteiger partial charge in [0.25, 0.3) is 11.8 Å². The van der Waals surface area contributed by atoms with Crippen LogP contribution in [0.5, 0.6) is 5.75 Å². The second-order valence-electron chi connectivity index (χ2n) is 8.49. The smallest absolute Gasteiger partial charge is 0.282 e. The van der Waals surface area contributed by atoms with E-state index in [1.807, 2.05) is 94.4 Å². The Bertz CT molecular complexity index is 1260. The molecule has 0 spiro atoms. The van der Waals surface area contributed by atoms with Gasteiger partial charge in [-0.15, -0.1) is 0 Å². The van der Waals surface area contributed by atoms with Gasteiger partial charge < -0.3 is 15.0 Å². The number of carbonyl (C=O) groups is 2. The molecular weight excluding hydrogens is 426 g/mol. The molecule has 3 aromatic rings. The zero-order valence-corrected chi connectivity index (χ0v) is 20.2. The summed E-state index contributed by atoms with van der Waals surface area (Å²) in [7, 11) is 3.89. The molecule has 1 aliphatic heterocycles. The third-order valence-electron chi connectivity index (χ3n) is 5.94. The van der Waals surface area contributed by atoms with E-state index in [4.69, 9.17) is 4.74 Å². The van der Waals surface area contributed by atoms with Gasteiger partial charge in [0.1, 0.15) is 11.4 Å². The fourth-order valence-electron chi connectivity index (χ4n) is 3.89. The number of nitrogens with zero attached hydrogens (tertiary/aromatic N) is 2. The van der Waals surface area contributed by atoms with Gasteiger partial charge in [-0.3, -0.25) is 9.59 Å². The van der Waals surface area contributed by atoms with Crippen LogP contribution in [0.25, 0.3) is 5.57 Å². The molecule has 4 rings (SSSR count). The van der Waals surface area contributed by atoms with Crippen molar-refractivity contribution in [3.63, 3.8) is 0 Å². The number of ether oxygens (including phenoxy) is 1. The molecule has 0 unspecified atom stereocenters. The monoisotopic (exact) mass is 455 g/mol. The summed E-state index contributed by atoms with van der Waals surface area (Å²) >= 11 is 0. The number of rotatable bonds is 7. The number of hydrogen-bond acceptors (Lipinski definition) is 5. The number of amides is 2. The van der Waals surface area contributed by atoms with E-state index >= 15 is 0 Å². The Morgan fingerprint density at radius 3 is 2.12 bits per heavy atom. The lowest BCUT2D eigenvalue weighted by atomic mass is 9.99. The summed E-state index contributed by atoms with van der Waals surface area (Å²) in [5.74, 6) is 0.0110. The van der Waals surface area contributed by atoms with Crippen LogP contribution < -0.4 is 19.9 Å². The van der Waals surface area contributed by atoms with Crippen molar-refractivity contribution in [1.82, 2.24) is 0 Å². The zero-order valence-electron chi connectivity index (χ0n) is 20.2. The van der Waals surface area contributed by atoms with E-state index < -0.39 is 0 Å². The van der Waals surface area contributed by atoms with Gasteiger partial charge in [-0.2, -0.15) is 0 Å². The molecule has 0 saturated carbocycles. The second kappa shape index (κ2) is 9.43. The maximum atomic E-state index is 13.6. The van der Waals surface area contributed by atoms with E-state index in [9.17, 15) is 9.59 Å². The van der Waals surface area contributed by atoms with Crippen molar-refractivity contribution >= 4 is 34.4 Å². The second-order valence-corrected chi connectivity index (χ2v) is 8.49. The highest BCUT2D eigenvalue weighted by molar-refractivity contribution is 6.46. The molecule has 3 aromatic carbocycles. The van der Waals surface area contributed by atoms with Gasteiger partial charge in [0.15, 0.2) is 0 Å². The molecule has 1 heterocycles. The highest BCUT2D eigenvalue weighted by Gasteiger charge is 2.40. The molecule has 1 N–H and O–H groups in total. The molecule has 0 aromatic heterocycles. The van der Waals surface area contributed by atoms with Crippen molar-refractivity contribution in [1.29, 1.82) is 0 Å². The SMILES string of the molecule is CCOc1ccc(NC2=C(c3ccc(C)c(C)c3)C(=O)N(c3ccc(N(C)C)cc3)C2=O)cc1. The summed E-state index contributed by atoms with van der Waals surface area (Å²) in [6, 6.07) is 20.5. The summed E-state index contributed by atoms with van der Waals surface area (Å²) in [4.78, 5) is 30.4. The Morgan fingerprint density at radius 1 is 0.853 bits per heavy atom. The first-order valence-corrected chi connectivity index (χ1v) is 11.3. The lowest BCUT2D eigenvalue weighted by Gasteiger charge is -2.18. The van der Waals surface area contributed by atoms with Gasteiger partial charge in [-0.05, 0) is 86.0 Å². The van der Waals surface area contributed by atoms with Crippen LogP contribution in [-0.4, -0.2) is 32.5 Å². The molecule has 6 nitrogen and oxygen atoms in total. The standard InChI is InChI=1S/C28H29N3O3/c1-6-34-24-15-9-21(10-16-24)29-26-25(20-8-7-18(2)19(3)17-20)27(32)31(28(26)33)23-13-11-22(12-14-23)30(4)5/h7-17,29H,6H2,1-5H3. The fraction of sp³-hybridized carbons (Fsp3) is 0.214. The number of imide groups is 1. The van der Waals surface area contributed by atoms with Crippen LogP contribution in [0.15, 0.2) is 72.4 Å². The average Bonchev–Trinajstić information content (AvgIpc) is 3.06. The molecule has 174 valence electrons. The highest BCUT2D eigenvalue weighted by Crippen LogP contribution is 2.35. The predicted molar refractivity (Wildman–Crippen MR) is 137 cm³/mol. The normalized spacial score (nSPS) is 13.5. The largest absolute Gasteiger partial charge is 0.494 e. The lowest BCUT2D eigenvalue weighted by molar-refractivity contribution is -0.120. The minimum Gasteiger partial charge on any atom is -0.494 e. The van der Waals surface area contributed by atoms with Crippen molar-refractivity contribution < 1.29 is 14.3 Å². The molecular formula is C28H29N3O3. The van der Waals surface area contributed by atoms with Crippen molar-refractivity contribution in [2.24, 2.45) is 0 Å². The van der Waals surface area contributed by atoms with Gasteiger partial charge in [-0.1, -0.05) is 18.2 Å². The van der Waals surface area contributed by atoms with Crippen LogP contribution >= 0.6 is 0 Å². The summed E-state index contributed by atoms with van der Waals surface area (Å²) in [5, 5.41) is 3.21. The molecule has 0 bridgehead atoms. The first-order valence-electron chi connectivity index (χ1n) is 11.3. The van der Waals surface area contributed by atoms with E-state index in [0.717, 1.165) is 22.6 Å². The Hall–Kier alpha value is -4.06. The third-order valence-corrected chi connectivity index (χ3v) is 5.94. The number of aryl methyl sites for hydroxylation is 2. The van der Waals surface area contributed by atoms with Crippen LogP contribution in [0.1, 0.15) is 23.6 Å². The van der Waals surface area contributed by atoms with Crippen LogP contribution in [0.3, 0.4) is 0 Å². The van der Waals surface area contributed by atoms with Crippen LogP contribution in [-0.2, 0) is 9.59 Å². The van der Waals surface area contributed by atoms with Gasteiger partial charge >= 0.3 is 0 Å². The number of hydrogen-bond donors (Lipinski definition) is 1.